The van der Waals surface area contributed by atoms with Gasteiger partial charge in [-0.3, -0.25) is 9.69 Å². The van der Waals surface area contributed by atoms with Gasteiger partial charge in [-0.05, 0) is 57.3 Å². The Kier molecular flexibility index (Phi) is 5.26. The number of aromatic nitrogens is 3. The first kappa shape index (κ1) is 18.0. The maximum Gasteiger partial charge on any atom is 0.248 e. The Labute approximate surface area is 230 Å². The molecule has 2 bridgehead atoms. The van der Waals surface area contributed by atoms with Gasteiger partial charge in [0.2, 0.25) is 11.8 Å². The number of aryl methyl sites for hydroxylation is 1. The summed E-state index contributed by atoms with van der Waals surface area (Å²) in [6.07, 6.45) is -5.49. The number of benzene rings is 1. The summed E-state index contributed by atoms with van der Waals surface area (Å²) in [4.78, 5) is 16.0. The van der Waals surface area contributed by atoms with Crippen molar-refractivity contribution in [1.29, 1.82) is 0 Å². The van der Waals surface area contributed by atoms with Crippen molar-refractivity contribution in [3.05, 3.63) is 47.5 Å². The molecule has 1 aliphatic carbocycles. The van der Waals surface area contributed by atoms with Gasteiger partial charge in [0.1, 0.15) is 11.6 Å². The fourth-order valence-corrected chi connectivity index (χ4v) is 6.12. The largest absolute Gasteiger partial charge is 0.349 e. The zero-order valence-electron chi connectivity index (χ0n) is 29.4. The van der Waals surface area contributed by atoms with Gasteiger partial charge in [-0.2, -0.15) is 0 Å². The number of carbonyl (C=O) groups excluding carboxylic acids is 1. The molecule has 6 nitrogen and oxygen atoms in total. The third-order valence-electron chi connectivity index (χ3n) is 7.92. The lowest BCUT2D eigenvalue weighted by atomic mass is 9.86. The summed E-state index contributed by atoms with van der Waals surface area (Å²) in [7, 11) is 0. The molecule has 5 rings (SSSR count). The number of hydrogen-bond acceptors (Lipinski definition) is 4. The second-order valence-electron chi connectivity index (χ2n) is 10.8. The molecule has 202 valence electrons. The number of nitrogens with one attached hydrogen (secondary N) is 1. The van der Waals surface area contributed by atoms with Crippen molar-refractivity contribution in [1.82, 2.24) is 25.0 Å². The monoisotopic (exact) mass is 521 g/mol. The minimum absolute atomic E-state index is 0.000397. The number of halogens is 2. The average Bonchev–Trinajstić information content (AvgIpc) is 3.47. The van der Waals surface area contributed by atoms with Crippen LogP contribution in [0, 0.1) is 12.7 Å². The highest BCUT2D eigenvalue weighted by Crippen LogP contribution is 2.42. The van der Waals surface area contributed by atoms with E-state index in [2.05, 4.69) is 20.4 Å². The predicted octanol–water partition coefficient (Wildman–Crippen LogP) is 5.95. The molecule has 8 heteroatoms. The molecule has 3 aliphatic rings. The first-order chi connectivity index (χ1) is 20.8. The van der Waals surface area contributed by atoms with Crippen molar-refractivity contribution in [2.75, 3.05) is 6.54 Å². The summed E-state index contributed by atoms with van der Waals surface area (Å²) in [6, 6.07) is 8.36. The van der Waals surface area contributed by atoms with Gasteiger partial charge in [-0.25, -0.2) is 8.78 Å². The normalized spacial score (nSPS) is 34.0. The van der Waals surface area contributed by atoms with E-state index in [1.54, 1.807) is 30.3 Å². The van der Waals surface area contributed by atoms with Crippen LogP contribution < -0.4 is 5.32 Å². The fraction of sp³-hybridized carbons (Fsp3) is 0.690. The summed E-state index contributed by atoms with van der Waals surface area (Å²) in [5, 5.41) is 11.0. The average molecular weight is 522 g/mol. The van der Waals surface area contributed by atoms with Gasteiger partial charge < -0.3 is 9.88 Å². The summed E-state index contributed by atoms with van der Waals surface area (Å²) < 4.78 is 95.9. The van der Waals surface area contributed by atoms with Gasteiger partial charge in [-0.1, -0.05) is 44.2 Å². The molecular weight excluding hydrogens is 472 g/mol. The Balaban J connectivity index is 1.35. The van der Waals surface area contributed by atoms with Crippen molar-refractivity contribution in [2.24, 2.45) is 5.89 Å². The Morgan fingerprint density at radius 1 is 1.16 bits per heavy atom. The lowest BCUT2D eigenvalue weighted by Crippen LogP contribution is -2.45. The van der Waals surface area contributed by atoms with E-state index in [0.29, 0.717) is 37.2 Å². The van der Waals surface area contributed by atoms with E-state index < -0.39 is 56.2 Å². The van der Waals surface area contributed by atoms with Crippen LogP contribution in [0.3, 0.4) is 0 Å². The maximum absolute atomic E-state index is 14.3. The van der Waals surface area contributed by atoms with Crippen LogP contribution in [0.2, 0.25) is 0 Å². The molecule has 2 aliphatic heterocycles. The number of hydrogen-bond donors (Lipinski definition) is 1. The van der Waals surface area contributed by atoms with Crippen molar-refractivity contribution in [3.8, 4) is 0 Å². The molecule has 37 heavy (non-hydrogen) atoms. The smallest absolute Gasteiger partial charge is 0.248 e. The van der Waals surface area contributed by atoms with Crippen molar-refractivity contribution in [2.45, 2.75) is 114 Å². The predicted molar refractivity (Wildman–Crippen MR) is 139 cm³/mol. The van der Waals surface area contributed by atoms with Crippen LogP contribution in [0.15, 0.2) is 30.3 Å². The van der Waals surface area contributed by atoms with Gasteiger partial charge in [0, 0.05) is 60.3 Å². The Morgan fingerprint density at radius 3 is 2.46 bits per heavy atom. The highest BCUT2D eigenvalue weighted by atomic mass is 19.3. The Hall–Kier alpha value is -2.35. The zero-order chi connectivity index (χ0) is 33.2. The number of piperidine rings is 1. The van der Waals surface area contributed by atoms with Crippen LogP contribution in [0.4, 0.5) is 8.78 Å². The molecule has 1 amide bonds. The number of alkyl halides is 2. The van der Waals surface area contributed by atoms with Crippen molar-refractivity contribution >= 4 is 5.91 Å². The van der Waals surface area contributed by atoms with Gasteiger partial charge in [-0.15, -0.1) is 10.2 Å². The molecule has 1 N–H and O–H groups in total. The standard InChI is InChI=1S/C29H41F2N5O/c1-19(2)27-34-33-20(3)36(27)25-17-23-9-10-24(18-25)35(23)16-13-26(21-7-5-4-6-8-21)32-28(37)22-11-14-29(30,31)15-12-22/h4-8,19,22-26H,9-18H2,1-3H3,(H,32,37)/i3D3,11D2,12D2,22D. The third-order valence-corrected chi connectivity index (χ3v) is 7.92. The molecule has 1 aromatic carbocycles. The summed E-state index contributed by atoms with van der Waals surface area (Å²) in [5.74, 6) is -7.38. The molecule has 2 aromatic rings. The topological polar surface area (TPSA) is 63.1 Å². The van der Waals surface area contributed by atoms with Crippen molar-refractivity contribution in [3.63, 3.8) is 0 Å². The van der Waals surface area contributed by atoms with E-state index in [9.17, 15) is 13.6 Å². The molecular formula is C29H41F2N5O. The Morgan fingerprint density at radius 2 is 1.84 bits per heavy atom. The summed E-state index contributed by atoms with van der Waals surface area (Å²) in [6.45, 7) is 2.05. The van der Waals surface area contributed by atoms with Crippen LogP contribution >= 0.6 is 0 Å². The Bertz CT molecular complexity index is 1350. The van der Waals surface area contributed by atoms with Crippen molar-refractivity contribution < 1.29 is 24.5 Å². The molecule has 0 radical (unpaired) electrons. The van der Waals surface area contributed by atoms with Gasteiger partial charge in [0.25, 0.3) is 0 Å². The maximum atomic E-state index is 14.3. The lowest BCUT2D eigenvalue weighted by Gasteiger charge is -2.40. The molecule has 3 heterocycles. The van der Waals surface area contributed by atoms with E-state index in [1.165, 1.54) is 0 Å². The number of rotatable bonds is 8. The number of amides is 1. The number of fused-ring (bicyclic) bond motifs is 2. The fourth-order valence-electron chi connectivity index (χ4n) is 6.12. The van der Waals surface area contributed by atoms with Crippen LogP contribution in [-0.2, 0) is 4.79 Å². The molecule has 2 saturated heterocycles. The second kappa shape index (κ2) is 10.8. The van der Waals surface area contributed by atoms with Crippen LogP contribution in [0.5, 0.6) is 0 Å². The first-order valence-corrected chi connectivity index (χ1v) is 13.2. The highest BCUT2D eigenvalue weighted by molar-refractivity contribution is 5.79. The van der Waals surface area contributed by atoms with E-state index in [1.807, 2.05) is 18.4 Å². The van der Waals surface area contributed by atoms with Gasteiger partial charge in [0.15, 0.2) is 0 Å². The first-order valence-electron chi connectivity index (χ1n) is 17.2. The van der Waals surface area contributed by atoms with Crippen LogP contribution in [-0.4, -0.2) is 50.1 Å². The zero-order valence-corrected chi connectivity index (χ0v) is 21.4. The van der Waals surface area contributed by atoms with E-state index in [4.69, 9.17) is 11.0 Å². The SMILES string of the molecule is [2H]C([2H])([2H])c1nnc(C(C)C)n1C1CC2CCC(C1)N2CCC(NC(=O)C1([2H])C([2H])([2H])CC(F)(F)CC1([2H])[2H])c1ccccc1. The molecule has 3 fully saturated rings. The quantitative estimate of drug-likeness (QED) is 0.466. The summed E-state index contributed by atoms with van der Waals surface area (Å²) >= 11 is 0. The van der Waals surface area contributed by atoms with Gasteiger partial charge >= 0.3 is 0 Å². The highest BCUT2D eigenvalue weighted by Gasteiger charge is 2.42. The second-order valence-corrected chi connectivity index (χ2v) is 10.8. The van der Waals surface area contributed by atoms with Gasteiger partial charge in [0.05, 0.1) is 6.04 Å². The minimum Gasteiger partial charge on any atom is -0.349 e. The number of carbonyl (C=O) groups is 1. The van der Waals surface area contributed by atoms with E-state index in [0.717, 1.165) is 12.8 Å². The minimum atomic E-state index is -3.69. The molecule has 3 atom stereocenters. The molecule has 0 spiro atoms. The molecule has 1 aromatic heterocycles. The number of nitrogens with zero attached hydrogens (tertiary/aromatic N) is 4. The third kappa shape index (κ3) is 5.74. The lowest BCUT2D eigenvalue weighted by molar-refractivity contribution is -0.130. The molecule has 3 unspecified atom stereocenters. The van der Waals surface area contributed by atoms with Crippen LogP contribution in [0.1, 0.15) is 118 Å². The molecule has 1 saturated carbocycles. The van der Waals surface area contributed by atoms with E-state index in [-0.39, 0.29) is 29.9 Å². The van der Waals surface area contributed by atoms with Crippen LogP contribution in [0.25, 0.3) is 0 Å². The van der Waals surface area contributed by atoms with E-state index >= 15 is 0 Å². The summed E-state index contributed by atoms with van der Waals surface area (Å²) in [5.41, 5.74) is 0.673.